The number of fused-ring (bicyclic) bond motifs is 1. The van der Waals surface area contributed by atoms with E-state index in [0.717, 1.165) is 0 Å². The van der Waals surface area contributed by atoms with Crippen LogP contribution in [0.3, 0.4) is 0 Å². The van der Waals surface area contributed by atoms with Crippen molar-refractivity contribution in [2.75, 3.05) is 0 Å². The molecule has 0 unspecified atom stereocenters. The van der Waals surface area contributed by atoms with Gasteiger partial charge in [-0.05, 0) is 17.9 Å². The Morgan fingerprint density at radius 3 is 2.20 bits per heavy atom. The molecule has 3 N–H and O–H groups in total. The molecule has 2 aromatic carbocycles. The zero-order chi connectivity index (χ0) is 32.8. The molecule has 242 valence electrons. The zero-order valence-electron chi connectivity index (χ0n) is 25.5. The van der Waals surface area contributed by atoms with Crippen LogP contribution in [0.5, 0.6) is 0 Å². The van der Waals surface area contributed by atoms with Gasteiger partial charge in [0.2, 0.25) is 11.9 Å². The fourth-order valence-electron chi connectivity index (χ4n) is 10.1. The maximum atomic E-state index is 14.0. The summed E-state index contributed by atoms with van der Waals surface area (Å²) in [5.74, 6) is -5.19. The average Bonchev–Trinajstić information content (AvgIpc) is 3.72. The molecule has 12 heteroatoms. The first kappa shape index (κ1) is 29.7. The lowest BCUT2D eigenvalue weighted by Crippen LogP contribution is -2.67. The van der Waals surface area contributed by atoms with Crippen LogP contribution in [0.4, 0.5) is 0 Å². The van der Waals surface area contributed by atoms with Crippen molar-refractivity contribution in [1.29, 1.82) is 0 Å². The summed E-state index contributed by atoms with van der Waals surface area (Å²) in [5, 5.41) is 36.5. The third kappa shape index (κ3) is 2.95. The molecule has 6 fully saturated rings. The van der Waals surface area contributed by atoms with Crippen molar-refractivity contribution in [1.82, 2.24) is 0 Å². The summed E-state index contributed by atoms with van der Waals surface area (Å²) >= 11 is 0. The van der Waals surface area contributed by atoms with E-state index < -0.39 is 94.0 Å². The number of aliphatic hydroxyl groups excluding tert-OH is 2. The van der Waals surface area contributed by atoms with Crippen molar-refractivity contribution >= 4 is 23.7 Å². The summed E-state index contributed by atoms with van der Waals surface area (Å²) in [4.78, 5) is 53.4. The van der Waals surface area contributed by atoms with Gasteiger partial charge in [0, 0.05) is 17.0 Å². The van der Waals surface area contributed by atoms with Crippen LogP contribution in [0.25, 0.3) is 0 Å². The van der Waals surface area contributed by atoms with Gasteiger partial charge < -0.3 is 39.0 Å². The first-order chi connectivity index (χ1) is 21.7. The van der Waals surface area contributed by atoms with Crippen molar-refractivity contribution in [3.63, 3.8) is 0 Å². The minimum Gasteiger partial charge on any atom is -0.456 e. The number of hydrogen-bond donors (Lipinski definition) is 3. The highest BCUT2D eigenvalue weighted by molar-refractivity contribution is 6.09. The highest BCUT2D eigenvalue weighted by Crippen LogP contribution is 2.84. The van der Waals surface area contributed by atoms with E-state index >= 15 is 0 Å². The van der Waals surface area contributed by atoms with Gasteiger partial charge in [-0.2, -0.15) is 0 Å². The molecule has 46 heavy (non-hydrogen) atoms. The Balaban J connectivity index is 1.23. The normalized spacial score (nSPS) is 44.7. The third-order valence-electron chi connectivity index (χ3n) is 11.6. The van der Waals surface area contributed by atoms with Gasteiger partial charge in [-0.3, -0.25) is 9.59 Å². The molecule has 4 heterocycles. The highest BCUT2D eigenvalue weighted by Gasteiger charge is 3.05. The second-order valence-corrected chi connectivity index (χ2v) is 14.5. The first-order valence-corrected chi connectivity index (χ1v) is 15.4. The van der Waals surface area contributed by atoms with E-state index in [9.17, 15) is 34.5 Å². The number of benzene rings is 2. The summed E-state index contributed by atoms with van der Waals surface area (Å²) in [6.45, 7) is 6.70. The van der Waals surface area contributed by atoms with Crippen LogP contribution >= 0.6 is 0 Å². The molecule has 12 atom stereocenters. The Morgan fingerprint density at radius 2 is 1.54 bits per heavy atom. The van der Waals surface area contributed by atoms with Crippen LogP contribution in [0.15, 0.2) is 54.6 Å². The Hall–Kier alpha value is -3.68. The molecular weight excluding hydrogens is 600 g/mol. The molecule has 0 radical (unpaired) electrons. The van der Waals surface area contributed by atoms with E-state index in [-0.39, 0.29) is 12.4 Å². The lowest BCUT2D eigenvalue weighted by atomic mass is 9.51. The number of hydrogen-bond acceptors (Lipinski definition) is 12. The van der Waals surface area contributed by atoms with E-state index in [0.29, 0.717) is 16.7 Å². The molecule has 8 rings (SSSR count). The topological polar surface area (TPSA) is 175 Å². The smallest absolute Gasteiger partial charge is 0.343 e. The fourth-order valence-corrected chi connectivity index (χ4v) is 10.1. The molecule has 2 spiro atoms. The van der Waals surface area contributed by atoms with E-state index in [4.69, 9.17) is 23.7 Å². The number of carbonyl (C=O) groups is 4. The molecule has 0 amide bonds. The number of ketones is 1. The summed E-state index contributed by atoms with van der Waals surface area (Å²) in [7, 11) is 0. The zero-order valence-corrected chi connectivity index (χ0v) is 25.5. The Kier molecular flexibility index (Phi) is 5.82. The van der Waals surface area contributed by atoms with Gasteiger partial charge in [0.1, 0.15) is 12.2 Å². The molecule has 0 bridgehead atoms. The van der Waals surface area contributed by atoms with Crippen LogP contribution in [-0.2, 0) is 44.7 Å². The number of ether oxygens (including phenoxy) is 5. The second kappa shape index (κ2) is 9.02. The molecule has 6 aliphatic rings. The molecule has 2 aromatic rings. The predicted molar refractivity (Wildman–Crippen MR) is 152 cm³/mol. The van der Waals surface area contributed by atoms with Crippen LogP contribution < -0.4 is 0 Å². The van der Waals surface area contributed by atoms with E-state index in [1.165, 1.54) is 6.92 Å². The van der Waals surface area contributed by atoms with Crippen molar-refractivity contribution in [3.8, 4) is 0 Å². The molecule has 4 saturated heterocycles. The Bertz CT molecular complexity index is 1680. The molecule has 2 aliphatic carbocycles. The summed E-state index contributed by atoms with van der Waals surface area (Å²) in [6.07, 6.45) is -9.36. The van der Waals surface area contributed by atoms with E-state index in [1.807, 2.05) is 26.8 Å². The number of esters is 3. The molecule has 2 saturated carbocycles. The monoisotopic (exact) mass is 634 g/mol. The fraction of sp³-hybridized carbons (Fsp3) is 0.529. The Labute approximate surface area is 263 Å². The van der Waals surface area contributed by atoms with Gasteiger partial charge in [0.15, 0.2) is 23.6 Å². The molecule has 0 aromatic heterocycles. The van der Waals surface area contributed by atoms with Gasteiger partial charge in [-0.15, -0.1) is 0 Å². The summed E-state index contributed by atoms with van der Waals surface area (Å²) in [6, 6.07) is 15.5. The average molecular weight is 635 g/mol. The lowest BCUT2D eigenvalue weighted by molar-refractivity contribution is -0.240. The van der Waals surface area contributed by atoms with Crippen LogP contribution in [0.2, 0.25) is 0 Å². The van der Waals surface area contributed by atoms with Crippen molar-refractivity contribution in [2.24, 2.45) is 28.1 Å². The summed E-state index contributed by atoms with van der Waals surface area (Å²) in [5.41, 5.74) is -7.83. The van der Waals surface area contributed by atoms with Gasteiger partial charge in [0.25, 0.3) is 0 Å². The SMILES string of the molecule is C[C@@H]1C(=O)O[C@H]2[C@H](O)[C@@]34[C@@H]5OC(=O)[C@@]3(O[C@@H]3OC(=O)[C@H](OCc6ccc(C(=O)c7ccccc7)cc6)[C@]34[C@H](C(C)(C)C)[C@H]5O)[C@@]12O. The minimum absolute atomic E-state index is 0.154. The third-order valence-corrected chi connectivity index (χ3v) is 11.6. The van der Waals surface area contributed by atoms with Gasteiger partial charge in [0.05, 0.1) is 29.5 Å². The van der Waals surface area contributed by atoms with Crippen LogP contribution in [-0.4, -0.2) is 87.0 Å². The molecular formula is C34H34O12. The van der Waals surface area contributed by atoms with E-state index in [1.54, 1.807) is 48.5 Å². The van der Waals surface area contributed by atoms with Gasteiger partial charge in [-0.25, -0.2) is 9.59 Å². The van der Waals surface area contributed by atoms with E-state index in [2.05, 4.69) is 0 Å². The van der Waals surface area contributed by atoms with Gasteiger partial charge >= 0.3 is 17.9 Å². The molecule has 4 aliphatic heterocycles. The largest absolute Gasteiger partial charge is 0.456 e. The van der Waals surface area contributed by atoms with Crippen molar-refractivity contribution < 1.29 is 58.2 Å². The predicted octanol–water partition coefficient (Wildman–Crippen LogP) is 1.06. The Morgan fingerprint density at radius 1 is 0.891 bits per heavy atom. The quantitative estimate of drug-likeness (QED) is 0.243. The van der Waals surface area contributed by atoms with Crippen LogP contribution in [0, 0.1) is 28.1 Å². The number of aliphatic hydroxyl groups is 3. The highest BCUT2D eigenvalue weighted by atomic mass is 16.8. The van der Waals surface area contributed by atoms with Gasteiger partial charge in [-0.1, -0.05) is 75.4 Å². The van der Waals surface area contributed by atoms with Crippen molar-refractivity contribution in [2.45, 2.75) is 82.3 Å². The standard InChI is InChI=1S/C34H34O12/c1-15-26(38)43-24-22(37)32-23-20(36)21(30(2,3)4)31(32)25(27(39)45-29(31)46-34(32,28(40)44-23)33(15,24)41)42-14-16-10-12-18(13-11-16)19(35)17-8-6-5-7-9-17/h5-13,15,20-25,29,36-37,41H,14H2,1-4H3/t15-,20-,21+,22+,23-,24+,25+,29+,31-,32+,33-,34+/m1/s1. The lowest BCUT2D eigenvalue weighted by Gasteiger charge is -2.48. The second-order valence-electron chi connectivity index (χ2n) is 14.5. The first-order valence-electron chi connectivity index (χ1n) is 15.4. The number of carbonyl (C=O) groups excluding carboxylic acids is 4. The minimum atomic E-state index is -2.42. The number of rotatable bonds is 5. The maximum absolute atomic E-state index is 14.0. The van der Waals surface area contributed by atoms with Crippen LogP contribution in [0.1, 0.15) is 49.2 Å². The maximum Gasteiger partial charge on any atom is 0.343 e. The van der Waals surface area contributed by atoms with Crippen molar-refractivity contribution in [3.05, 3.63) is 71.3 Å². The summed E-state index contributed by atoms with van der Waals surface area (Å²) < 4.78 is 29.8. The molecule has 12 nitrogen and oxygen atoms in total.